The van der Waals surface area contributed by atoms with Crippen molar-refractivity contribution in [2.45, 2.75) is 12.1 Å². The quantitative estimate of drug-likeness (QED) is 0.332. The van der Waals surface area contributed by atoms with Crippen LogP contribution < -0.4 is 14.4 Å². The first-order valence-electron chi connectivity index (χ1n) is 13.3. The zero-order chi connectivity index (χ0) is 28.2. The number of hydrogen-bond donors (Lipinski definition) is 0. The molecule has 2 amide bonds. The Kier molecular flexibility index (Phi) is 6.01. The number of rotatable bonds is 5. The molecule has 8 nitrogen and oxygen atoms in total. The van der Waals surface area contributed by atoms with Gasteiger partial charge in [-0.3, -0.25) is 19.2 Å². The van der Waals surface area contributed by atoms with E-state index in [1.807, 2.05) is 6.07 Å². The molecular weight excluding hydrogens is 544 g/mol. The van der Waals surface area contributed by atoms with Crippen LogP contribution in [-0.4, -0.2) is 53.6 Å². The molecule has 0 N–H and O–H groups in total. The number of ketones is 2. The van der Waals surface area contributed by atoms with Gasteiger partial charge in [0.05, 0.1) is 23.6 Å². The Labute approximate surface area is 240 Å². The van der Waals surface area contributed by atoms with Crippen molar-refractivity contribution in [3.8, 4) is 11.5 Å². The molecule has 2 saturated heterocycles. The van der Waals surface area contributed by atoms with Gasteiger partial charge >= 0.3 is 0 Å². The molecule has 0 aromatic heterocycles. The number of hydrogen-bond acceptors (Lipinski definition) is 7. The van der Waals surface area contributed by atoms with Crippen molar-refractivity contribution in [1.82, 2.24) is 4.90 Å². The van der Waals surface area contributed by atoms with E-state index in [-0.39, 0.29) is 11.6 Å². The Balaban J connectivity index is 1.30. The SMILES string of the molecule is O=C(C1=C[C@@H]2[C@@H]3C(=O)N(c4ccc5c(c4)OCCO5)C(=O)[C@@H]3[C@H](C(=O)c3ccc(Cl)cc3)N2C=C1)c1ccccc1. The van der Waals surface area contributed by atoms with Gasteiger partial charge in [0.15, 0.2) is 23.1 Å². The third kappa shape index (κ3) is 4.05. The van der Waals surface area contributed by atoms with Gasteiger partial charge in [0, 0.05) is 34.0 Å². The monoisotopic (exact) mass is 566 g/mol. The number of carbonyl (C=O) groups is 4. The van der Waals surface area contributed by atoms with Crippen LogP contribution in [-0.2, 0) is 9.59 Å². The third-order valence-electron chi connectivity index (χ3n) is 8.03. The van der Waals surface area contributed by atoms with E-state index in [2.05, 4.69) is 0 Å². The van der Waals surface area contributed by atoms with E-state index >= 15 is 0 Å². The molecule has 41 heavy (non-hydrogen) atoms. The van der Waals surface area contributed by atoms with Gasteiger partial charge in [0.1, 0.15) is 19.3 Å². The average molecular weight is 567 g/mol. The van der Waals surface area contributed by atoms with Gasteiger partial charge in [-0.2, -0.15) is 0 Å². The number of benzene rings is 3. The van der Waals surface area contributed by atoms with E-state index in [4.69, 9.17) is 21.1 Å². The topological polar surface area (TPSA) is 93.2 Å². The Morgan fingerprint density at radius 3 is 2.27 bits per heavy atom. The van der Waals surface area contributed by atoms with Crippen molar-refractivity contribution in [2.75, 3.05) is 18.1 Å². The fraction of sp³-hybridized carbons (Fsp3) is 0.188. The smallest absolute Gasteiger partial charge is 0.240 e. The number of allylic oxidation sites excluding steroid dienone is 2. The van der Waals surface area contributed by atoms with Gasteiger partial charge in [-0.25, -0.2) is 4.90 Å². The van der Waals surface area contributed by atoms with Gasteiger partial charge in [-0.15, -0.1) is 0 Å². The minimum absolute atomic E-state index is 0.203. The van der Waals surface area contributed by atoms with Crippen molar-refractivity contribution in [3.63, 3.8) is 0 Å². The Bertz CT molecular complexity index is 1670. The van der Waals surface area contributed by atoms with E-state index in [1.54, 1.807) is 90.0 Å². The summed E-state index contributed by atoms with van der Waals surface area (Å²) in [5.74, 6) is -2.28. The third-order valence-corrected chi connectivity index (χ3v) is 8.28. The summed E-state index contributed by atoms with van der Waals surface area (Å²) in [6.07, 6.45) is 5.01. The lowest BCUT2D eigenvalue weighted by Crippen LogP contribution is -2.46. The molecule has 204 valence electrons. The van der Waals surface area contributed by atoms with Crippen LogP contribution in [0.3, 0.4) is 0 Å². The zero-order valence-corrected chi connectivity index (χ0v) is 22.4. The lowest BCUT2D eigenvalue weighted by molar-refractivity contribution is -0.123. The first-order valence-corrected chi connectivity index (χ1v) is 13.6. The van der Waals surface area contributed by atoms with Gasteiger partial charge in [0.2, 0.25) is 11.8 Å². The molecular formula is C32H23ClN2O6. The summed E-state index contributed by atoms with van der Waals surface area (Å²) in [4.78, 5) is 58.3. The van der Waals surface area contributed by atoms with Gasteiger partial charge in [-0.05, 0) is 42.5 Å². The molecule has 3 aromatic rings. The minimum Gasteiger partial charge on any atom is -0.486 e. The lowest BCUT2D eigenvalue weighted by atomic mass is 9.85. The van der Waals surface area contributed by atoms with E-state index in [1.165, 1.54) is 0 Å². The number of amides is 2. The number of anilines is 1. The first-order chi connectivity index (χ1) is 19.9. The van der Waals surface area contributed by atoms with Crippen LogP contribution in [0.4, 0.5) is 5.69 Å². The van der Waals surface area contributed by atoms with Crippen molar-refractivity contribution in [3.05, 3.63) is 113 Å². The summed E-state index contributed by atoms with van der Waals surface area (Å²) >= 11 is 6.05. The number of halogens is 1. The maximum absolute atomic E-state index is 14.1. The molecule has 4 atom stereocenters. The fourth-order valence-electron chi connectivity index (χ4n) is 6.16. The predicted molar refractivity (Wildman–Crippen MR) is 150 cm³/mol. The highest BCUT2D eigenvalue weighted by Gasteiger charge is 2.63. The summed E-state index contributed by atoms with van der Waals surface area (Å²) in [6.45, 7) is 0.765. The lowest BCUT2D eigenvalue weighted by Gasteiger charge is -2.33. The number of Topliss-reactive ketones (excluding diaryl/α,β-unsaturated/α-hetero) is 2. The van der Waals surface area contributed by atoms with Crippen LogP contribution in [0.25, 0.3) is 0 Å². The van der Waals surface area contributed by atoms with E-state index in [9.17, 15) is 19.2 Å². The largest absolute Gasteiger partial charge is 0.486 e. The first kappa shape index (κ1) is 25.3. The summed E-state index contributed by atoms with van der Waals surface area (Å²) in [5.41, 5.74) is 1.62. The molecule has 0 unspecified atom stereocenters. The molecule has 7 rings (SSSR count). The van der Waals surface area contributed by atoms with Crippen molar-refractivity contribution < 1.29 is 28.7 Å². The van der Waals surface area contributed by atoms with Crippen molar-refractivity contribution in [2.24, 2.45) is 11.8 Å². The van der Waals surface area contributed by atoms with Crippen LogP contribution in [0, 0.1) is 11.8 Å². The number of nitrogens with zero attached hydrogens (tertiary/aromatic N) is 2. The number of ether oxygens (including phenoxy) is 2. The maximum Gasteiger partial charge on any atom is 0.240 e. The summed E-state index contributed by atoms with van der Waals surface area (Å²) < 4.78 is 11.3. The Morgan fingerprint density at radius 1 is 0.805 bits per heavy atom. The number of fused-ring (bicyclic) bond motifs is 4. The van der Waals surface area contributed by atoms with Gasteiger partial charge < -0.3 is 14.4 Å². The molecule has 2 fully saturated rings. The van der Waals surface area contributed by atoms with Crippen LogP contribution in [0.1, 0.15) is 20.7 Å². The predicted octanol–water partition coefficient (Wildman–Crippen LogP) is 4.49. The van der Waals surface area contributed by atoms with Crippen molar-refractivity contribution in [1.29, 1.82) is 0 Å². The van der Waals surface area contributed by atoms with E-state index in [0.29, 0.717) is 52.1 Å². The van der Waals surface area contributed by atoms with Crippen molar-refractivity contribution >= 4 is 40.7 Å². The molecule has 4 aliphatic rings. The standard InChI is InChI=1S/C32H23ClN2O6/c33-21-8-6-19(7-9-21)30(37)28-27-26(23-16-20(12-13-34(23)28)29(36)18-4-2-1-3-5-18)31(38)35(32(27)39)22-10-11-24-25(17-22)41-15-14-40-24/h1-13,16-17,23,26-28H,14-15H2/t23-,26+,27+,28-/m1/s1. The normalized spacial score (nSPS) is 24.2. The van der Waals surface area contributed by atoms with Crippen LogP contribution >= 0.6 is 11.6 Å². The Morgan fingerprint density at radius 2 is 1.51 bits per heavy atom. The molecule has 0 spiro atoms. The fourth-order valence-corrected chi connectivity index (χ4v) is 6.29. The number of carbonyl (C=O) groups excluding carboxylic acids is 4. The second-order valence-electron chi connectivity index (χ2n) is 10.3. The molecule has 9 heteroatoms. The van der Waals surface area contributed by atoms with E-state index < -0.39 is 35.7 Å². The van der Waals surface area contributed by atoms with Crippen LogP contribution in [0.5, 0.6) is 11.5 Å². The molecule has 0 aliphatic carbocycles. The van der Waals surface area contributed by atoms with Crippen LogP contribution in [0.15, 0.2) is 96.7 Å². The molecule has 0 bridgehead atoms. The minimum atomic E-state index is -0.962. The average Bonchev–Trinajstić information content (AvgIpc) is 3.48. The zero-order valence-electron chi connectivity index (χ0n) is 21.6. The maximum atomic E-state index is 14.1. The molecule has 0 saturated carbocycles. The second-order valence-corrected chi connectivity index (χ2v) is 10.7. The van der Waals surface area contributed by atoms with Crippen LogP contribution in [0.2, 0.25) is 5.02 Å². The Hall–Kier alpha value is -4.69. The summed E-state index contributed by atoms with van der Waals surface area (Å²) in [7, 11) is 0. The summed E-state index contributed by atoms with van der Waals surface area (Å²) in [5, 5.41) is 0.477. The summed E-state index contributed by atoms with van der Waals surface area (Å²) in [6, 6.07) is 18.6. The molecule has 3 aromatic carbocycles. The van der Waals surface area contributed by atoms with Gasteiger partial charge in [0.25, 0.3) is 0 Å². The highest BCUT2D eigenvalue weighted by Crippen LogP contribution is 2.48. The highest BCUT2D eigenvalue weighted by atomic mass is 35.5. The highest BCUT2D eigenvalue weighted by molar-refractivity contribution is 6.30. The van der Waals surface area contributed by atoms with Gasteiger partial charge in [-0.1, -0.05) is 48.0 Å². The molecule has 4 aliphatic heterocycles. The number of imide groups is 1. The second kappa shape index (κ2) is 9.74. The molecule has 0 radical (unpaired) electrons. The van der Waals surface area contributed by atoms with E-state index in [0.717, 1.165) is 4.90 Å². The molecule has 4 heterocycles.